The van der Waals surface area contributed by atoms with Crippen molar-refractivity contribution in [1.82, 2.24) is 0 Å². The van der Waals surface area contributed by atoms with Crippen LogP contribution in [0.15, 0.2) is 47.6 Å². The Morgan fingerprint density at radius 1 is 1.32 bits per heavy atom. The minimum absolute atomic E-state index is 0.00348. The van der Waals surface area contributed by atoms with Gasteiger partial charge in [0.25, 0.3) is 5.69 Å². The minimum atomic E-state index is -0.691. The van der Waals surface area contributed by atoms with E-state index in [1.165, 1.54) is 36.4 Å². The summed E-state index contributed by atoms with van der Waals surface area (Å²) in [5.74, 6) is -0.688. The van der Waals surface area contributed by atoms with Gasteiger partial charge < -0.3 is 4.84 Å². The predicted octanol–water partition coefficient (Wildman–Crippen LogP) is 3.41. The third-order valence-electron chi connectivity index (χ3n) is 2.86. The number of halogens is 1. The second-order valence-corrected chi connectivity index (χ2v) is 4.30. The number of non-ortho nitro benzene ring substituents is 1. The lowest BCUT2D eigenvalue weighted by molar-refractivity contribution is -0.384. The molecule has 0 atom stereocenters. The Balaban J connectivity index is 2.22. The largest absolute Gasteiger partial charge is 0.355 e. The number of benzene rings is 2. The summed E-state index contributed by atoms with van der Waals surface area (Å²) in [5.41, 5.74) is 0.778. The van der Waals surface area contributed by atoms with Crippen LogP contribution in [0.2, 0.25) is 0 Å². The van der Waals surface area contributed by atoms with Crippen LogP contribution in [0.4, 0.5) is 10.1 Å². The lowest BCUT2D eigenvalue weighted by atomic mass is 10.1. The topological polar surface area (TPSA) is 88.5 Å². The summed E-state index contributed by atoms with van der Waals surface area (Å²) < 4.78 is 13.4. The van der Waals surface area contributed by atoms with Crippen molar-refractivity contribution in [2.45, 2.75) is 6.92 Å². The summed E-state index contributed by atoms with van der Waals surface area (Å²) in [6.45, 7) is 1.63. The van der Waals surface area contributed by atoms with Gasteiger partial charge in [-0.05, 0) is 36.8 Å². The van der Waals surface area contributed by atoms with Crippen molar-refractivity contribution >= 4 is 11.4 Å². The first kappa shape index (κ1) is 15.1. The monoisotopic (exact) mass is 299 g/mol. The molecule has 0 aliphatic carbocycles. The van der Waals surface area contributed by atoms with E-state index < -0.39 is 10.7 Å². The van der Waals surface area contributed by atoms with Gasteiger partial charge in [-0.2, -0.15) is 5.26 Å². The highest BCUT2D eigenvalue weighted by molar-refractivity contribution is 5.98. The van der Waals surface area contributed by atoms with E-state index >= 15 is 0 Å². The number of nitro groups is 1. The predicted molar refractivity (Wildman–Crippen MR) is 77.1 cm³/mol. The lowest BCUT2D eigenvalue weighted by Crippen LogP contribution is -1.99. The van der Waals surface area contributed by atoms with Gasteiger partial charge >= 0.3 is 0 Å². The highest BCUT2D eigenvalue weighted by atomic mass is 19.1. The summed E-state index contributed by atoms with van der Waals surface area (Å²) in [4.78, 5) is 15.2. The Hall–Kier alpha value is -3.27. The molecule has 7 heteroatoms. The molecule has 0 radical (unpaired) electrons. The third-order valence-corrected chi connectivity index (χ3v) is 2.86. The maximum absolute atomic E-state index is 13.4. The average Bonchev–Trinajstić information content (AvgIpc) is 2.52. The molecule has 0 fully saturated rings. The van der Waals surface area contributed by atoms with Gasteiger partial charge in [0, 0.05) is 12.1 Å². The summed E-state index contributed by atoms with van der Waals surface area (Å²) in [6.07, 6.45) is 0. The molecule has 2 aromatic carbocycles. The number of oxime groups is 1. The first-order chi connectivity index (χ1) is 10.5. The average molecular weight is 299 g/mol. The van der Waals surface area contributed by atoms with Crippen LogP contribution in [-0.2, 0) is 0 Å². The van der Waals surface area contributed by atoms with Crippen molar-refractivity contribution in [3.63, 3.8) is 0 Å². The Morgan fingerprint density at radius 2 is 2.00 bits per heavy atom. The highest BCUT2D eigenvalue weighted by Gasteiger charge is 2.10. The van der Waals surface area contributed by atoms with Crippen molar-refractivity contribution in [1.29, 1.82) is 5.26 Å². The van der Waals surface area contributed by atoms with Crippen LogP contribution in [0.25, 0.3) is 0 Å². The molecule has 0 unspecified atom stereocenters. The number of nitro benzene ring substituents is 1. The van der Waals surface area contributed by atoms with Crippen LogP contribution in [0, 0.1) is 27.3 Å². The van der Waals surface area contributed by atoms with Crippen LogP contribution in [0.5, 0.6) is 5.75 Å². The van der Waals surface area contributed by atoms with E-state index in [-0.39, 0.29) is 17.0 Å². The van der Waals surface area contributed by atoms with Gasteiger partial charge in [-0.3, -0.25) is 10.1 Å². The van der Waals surface area contributed by atoms with Gasteiger partial charge in [0.2, 0.25) is 0 Å². The molecule has 0 N–H and O–H groups in total. The van der Waals surface area contributed by atoms with Gasteiger partial charge in [-0.15, -0.1) is 0 Å². The molecule has 110 valence electrons. The SMILES string of the molecule is C/C(=N/Oc1cccc(F)c1C#N)c1ccc([N+](=O)[O-])cc1. The number of nitriles is 1. The zero-order chi connectivity index (χ0) is 16.1. The fourth-order valence-electron chi connectivity index (χ4n) is 1.68. The second kappa shape index (κ2) is 6.45. The standard InChI is InChI=1S/C15H10FN3O3/c1-10(11-5-7-12(8-6-11)19(20)21)18-22-15-4-2-3-14(16)13(15)9-17/h2-8H,1H3/b18-10-. The molecule has 22 heavy (non-hydrogen) atoms. The molecule has 0 heterocycles. The third kappa shape index (κ3) is 3.24. The molecule has 0 saturated carbocycles. The van der Waals surface area contributed by atoms with Gasteiger partial charge in [0.15, 0.2) is 5.75 Å². The summed E-state index contributed by atoms with van der Waals surface area (Å²) in [5, 5.41) is 23.3. The van der Waals surface area contributed by atoms with Crippen molar-refractivity contribution < 1.29 is 14.2 Å². The van der Waals surface area contributed by atoms with Gasteiger partial charge in [-0.1, -0.05) is 11.2 Å². The van der Waals surface area contributed by atoms with E-state index in [0.29, 0.717) is 11.3 Å². The smallest absolute Gasteiger partial charge is 0.269 e. The maximum atomic E-state index is 13.4. The maximum Gasteiger partial charge on any atom is 0.269 e. The van der Waals surface area contributed by atoms with Crippen molar-refractivity contribution in [3.05, 3.63) is 69.5 Å². The molecule has 0 amide bonds. The Bertz CT molecular complexity index is 780. The fraction of sp³-hybridized carbons (Fsp3) is 0.0667. The van der Waals surface area contributed by atoms with Crippen LogP contribution < -0.4 is 4.84 Å². The zero-order valence-electron chi connectivity index (χ0n) is 11.5. The molecule has 0 saturated heterocycles. The van der Waals surface area contributed by atoms with Crippen LogP contribution in [0.1, 0.15) is 18.1 Å². The van der Waals surface area contributed by atoms with Gasteiger partial charge in [0.05, 0.1) is 10.6 Å². The minimum Gasteiger partial charge on any atom is -0.355 e. The number of nitrogens with zero attached hydrogens (tertiary/aromatic N) is 3. The molecule has 0 bridgehead atoms. The molecule has 2 rings (SSSR count). The molecular weight excluding hydrogens is 289 g/mol. The van der Waals surface area contributed by atoms with Crippen molar-refractivity contribution in [2.75, 3.05) is 0 Å². The van der Waals surface area contributed by atoms with E-state index in [2.05, 4.69) is 5.16 Å². The highest BCUT2D eigenvalue weighted by Crippen LogP contribution is 2.21. The summed E-state index contributed by atoms with van der Waals surface area (Å²) >= 11 is 0. The van der Waals surface area contributed by atoms with E-state index in [4.69, 9.17) is 10.1 Å². The molecule has 0 aromatic heterocycles. The number of hydrogen-bond donors (Lipinski definition) is 0. The van der Waals surface area contributed by atoms with Crippen molar-refractivity contribution in [3.8, 4) is 11.8 Å². The molecule has 0 spiro atoms. The molecule has 6 nitrogen and oxygen atoms in total. The summed E-state index contributed by atoms with van der Waals surface area (Å²) in [7, 11) is 0. The van der Waals surface area contributed by atoms with Crippen LogP contribution >= 0.6 is 0 Å². The van der Waals surface area contributed by atoms with Gasteiger partial charge in [-0.25, -0.2) is 4.39 Å². The van der Waals surface area contributed by atoms with E-state index in [1.54, 1.807) is 13.0 Å². The number of rotatable bonds is 4. The molecule has 0 aliphatic rings. The quantitative estimate of drug-likeness (QED) is 0.491. The number of hydrogen-bond acceptors (Lipinski definition) is 5. The van der Waals surface area contributed by atoms with Gasteiger partial charge in [0.1, 0.15) is 17.4 Å². The van der Waals surface area contributed by atoms with E-state index in [9.17, 15) is 14.5 Å². The van der Waals surface area contributed by atoms with Crippen molar-refractivity contribution in [2.24, 2.45) is 5.16 Å². The first-order valence-electron chi connectivity index (χ1n) is 6.18. The Labute approximate surface area is 125 Å². The lowest BCUT2D eigenvalue weighted by Gasteiger charge is -2.04. The summed E-state index contributed by atoms with van der Waals surface area (Å²) in [6, 6.07) is 11.4. The van der Waals surface area contributed by atoms with E-state index in [0.717, 1.165) is 6.07 Å². The molecular formula is C15H10FN3O3. The molecule has 0 aliphatic heterocycles. The second-order valence-electron chi connectivity index (χ2n) is 4.30. The normalized spacial score (nSPS) is 10.9. The van der Waals surface area contributed by atoms with Crippen LogP contribution in [-0.4, -0.2) is 10.6 Å². The Morgan fingerprint density at radius 3 is 2.59 bits per heavy atom. The molecule has 2 aromatic rings. The first-order valence-corrected chi connectivity index (χ1v) is 6.18. The fourth-order valence-corrected chi connectivity index (χ4v) is 1.68. The van der Waals surface area contributed by atoms with Crippen LogP contribution in [0.3, 0.4) is 0 Å². The zero-order valence-corrected chi connectivity index (χ0v) is 11.5. The Kier molecular flexibility index (Phi) is 4.44. The van der Waals surface area contributed by atoms with E-state index in [1.807, 2.05) is 0 Å².